The van der Waals surface area contributed by atoms with Crippen LogP contribution in [0.25, 0.3) is 0 Å². The van der Waals surface area contributed by atoms with Gasteiger partial charge in [-0.1, -0.05) is 6.92 Å². The summed E-state index contributed by atoms with van der Waals surface area (Å²) in [7, 11) is 0. The summed E-state index contributed by atoms with van der Waals surface area (Å²) in [5.74, 6) is -0.395. The summed E-state index contributed by atoms with van der Waals surface area (Å²) < 4.78 is 4.84. The largest absolute Gasteiger partial charge is 0.466 e. The number of carbonyl (C=O) groups excluding carboxylic acids is 2. The van der Waals surface area contributed by atoms with Crippen molar-refractivity contribution in [1.29, 1.82) is 5.26 Å². The topological polar surface area (TPSA) is 67.2 Å². The summed E-state index contributed by atoms with van der Waals surface area (Å²) in [6.45, 7) is 3.93. The van der Waals surface area contributed by atoms with Gasteiger partial charge in [0.1, 0.15) is 6.29 Å². The first-order valence-corrected chi connectivity index (χ1v) is 5.82. The molecule has 0 amide bonds. The average Bonchev–Trinajstić information content (AvgIpc) is 2.38. The number of aldehydes is 1. The van der Waals surface area contributed by atoms with Crippen molar-refractivity contribution in [1.82, 2.24) is 0 Å². The van der Waals surface area contributed by atoms with Crippen molar-refractivity contribution in [2.24, 2.45) is 0 Å². The van der Waals surface area contributed by atoms with E-state index in [1.165, 1.54) is 0 Å². The molecule has 0 atom stereocenters. The Morgan fingerprint density at radius 1 is 1.39 bits per heavy atom. The smallest absolute Gasteiger partial charge is 0.310 e. The van der Waals surface area contributed by atoms with E-state index in [1.807, 2.05) is 6.92 Å². The zero-order valence-corrected chi connectivity index (χ0v) is 10.5. The molecule has 1 rings (SSSR count). The van der Waals surface area contributed by atoms with E-state index in [4.69, 9.17) is 10.00 Å². The number of hydrogen-bond acceptors (Lipinski definition) is 4. The Morgan fingerprint density at radius 2 is 2.11 bits per heavy atom. The molecule has 0 radical (unpaired) electrons. The van der Waals surface area contributed by atoms with Gasteiger partial charge in [0.05, 0.1) is 24.7 Å². The zero-order valence-electron chi connectivity index (χ0n) is 10.5. The van der Waals surface area contributed by atoms with Gasteiger partial charge < -0.3 is 4.74 Å². The number of esters is 1. The molecular formula is C14H15NO3. The molecule has 0 spiro atoms. The van der Waals surface area contributed by atoms with Gasteiger partial charge in [0.25, 0.3) is 0 Å². The lowest BCUT2D eigenvalue weighted by atomic mass is 9.96. The standard InChI is InChI=1S/C14H15NO3/c1-3-10-5-13(9-16)11(6-12(10)8-15)7-14(17)18-4-2/h5-6,9H,3-4,7H2,1-2H3. The van der Waals surface area contributed by atoms with Crippen molar-refractivity contribution in [2.45, 2.75) is 26.7 Å². The number of rotatable bonds is 5. The van der Waals surface area contributed by atoms with Crippen LogP contribution in [-0.4, -0.2) is 18.9 Å². The minimum atomic E-state index is -0.395. The molecule has 0 fully saturated rings. The van der Waals surface area contributed by atoms with E-state index in [0.29, 0.717) is 36.0 Å². The number of nitriles is 1. The van der Waals surface area contributed by atoms with Crippen LogP contribution in [0.3, 0.4) is 0 Å². The summed E-state index contributed by atoms with van der Waals surface area (Å²) in [5, 5.41) is 9.02. The lowest BCUT2D eigenvalue weighted by Gasteiger charge is -2.08. The third kappa shape index (κ3) is 3.17. The second-order valence-corrected chi connectivity index (χ2v) is 3.77. The maximum absolute atomic E-state index is 11.4. The Bertz CT molecular complexity index is 500. The van der Waals surface area contributed by atoms with Gasteiger partial charge in [-0.2, -0.15) is 5.26 Å². The van der Waals surface area contributed by atoms with E-state index in [1.54, 1.807) is 19.1 Å². The average molecular weight is 245 g/mol. The molecule has 0 aliphatic rings. The summed E-state index contributed by atoms with van der Waals surface area (Å²) in [4.78, 5) is 22.4. The van der Waals surface area contributed by atoms with Gasteiger partial charge in [0.2, 0.25) is 0 Å². The molecule has 0 unspecified atom stereocenters. The summed E-state index contributed by atoms with van der Waals surface area (Å²) in [5.41, 5.74) is 2.30. The Balaban J connectivity index is 3.14. The number of nitrogens with zero attached hydrogens (tertiary/aromatic N) is 1. The molecule has 0 aliphatic heterocycles. The Kier molecular flexibility index (Phi) is 5.06. The SMILES string of the molecule is CCOC(=O)Cc1cc(C#N)c(CC)cc1C=O. The predicted octanol–water partition coefficient (Wildman–Crippen LogP) is 2.04. The molecule has 1 aromatic rings. The molecular weight excluding hydrogens is 230 g/mol. The van der Waals surface area contributed by atoms with Crippen molar-refractivity contribution in [3.05, 3.63) is 34.4 Å². The number of benzene rings is 1. The van der Waals surface area contributed by atoms with Crippen LogP contribution < -0.4 is 0 Å². The molecule has 0 saturated carbocycles. The fourth-order valence-corrected chi connectivity index (χ4v) is 1.74. The molecule has 0 bridgehead atoms. The van der Waals surface area contributed by atoms with Gasteiger partial charge in [-0.15, -0.1) is 0 Å². The lowest BCUT2D eigenvalue weighted by molar-refractivity contribution is -0.142. The predicted molar refractivity (Wildman–Crippen MR) is 66.3 cm³/mol. The first-order chi connectivity index (χ1) is 8.65. The van der Waals surface area contributed by atoms with E-state index < -0.39 is 5.97 Å². The highest BCUT2D eigenvalue weighted by atomic mass is 16.5. The normalized spacial score (nSPS) is 9.61. The monoisotopic (exact) mass is 245 g/mol. The van der Waals surface area contributed by atoms with Crippen LogP contribution >= 0.6 is 0 Å². The van der Waals surface area contributed by atoms with Crippen LogP contribution in [0.4, 0.5) is 0 Å². The summed E-state index contributed by atoms with van der Waals surface area (Å²) in [6.07, 6.45) is 1.39. The summed E-state index contributed by atoms with van der Waals surface area (Å²) in [6, 6.07) is 5.34. The fraction of sp³-hybridized carbons (Fsp3) is 0.357. The van der Waals surface area contributed by atoms with Gasteiger partial charge in [-0.05, 0) is 36.6 Å². The minimum Gasteiger partial charge on any atom is -0.466 e. The molecule has 0 aliphatic carbocycles. The van der Waals surface area contributed by atoms with Gasteiger partial charge in [0.15, 0.2) is 0 Å². The minimum absolute atomic E-state index is 0.0145. The first-order valence-electron chi connectivity index (χ1n) is 5.82. The Labute approximate surface area is 106 Å². The Morgan fingerprint density at radius 3 is 2.61 bits per heavy atom. The third-order valence-electron chi connectivity index (χ3n) is 2.63. The highest BCUT2D eigenvalue weighted by Crippen LogP contribution is 2.17. The van der Waals surface area contributed by atoms with Crippen LogP contribution in [0.15, 0.2) is 12.1 Å². The molecule has 94 valence electrons. The van der Waals surface area contributed by atoms with Crippen molar-refractivity contribution in [3.63, 3.8) is 0 Å². The summed E-state index contributed by atoms with van der Waals surface area (Å²) >= 11 is 0. The van der Waals surface area contributed by atoms with Gasteiger partial charge >= 0.3 is 5.97 Å². The lowest BCUT2D eigenvalue weighted by Crippen LogP contribution is -2.10. The van der Waals surface area contributed by atoms with Gasteiger partial charge in [0, 0.05) is 5.56 Å². The number of hydrogen-bond donors (Lipinski definition) is 0. The Hall–Kier alpha value is -2.15. The van der Waals surface area contributed by atoms with E-state index in [-0.39, 0.29) is 6.42 Å². The zero-order chi connectivity index (χ0) is 13.5. The maximum Gasteiger partial charge on any atom is 0.310 e. The van der Waals surface area contributed by atoms with Crippen LogP contribution in [0.1, 0.15) is 40.9 Å². The van der Waals surface area contributed by atoms with Crippen molar-refractivity contribution in [2.75, 3.05) is 6.61 Å². The quantitative estimate of drug-likeness (QED) is 0.588. The number of ether oxygens (including phenoxy) is 1. The molecule has 1 aromatic carbocycles. The van der Waals surface area contributed by atoms with Crippen LogP contribution in [0, 0.1) is 11.3 Å². The van der Waals surface area contributed by atoms with Gasteiger partial charge in [-0.25, -0.2) is 0 Å². The van der Waals surface area contributed by atoms with Crippen LogP contribution in [0.5, 0.6) is 0 Å². The van der Waals surface area contributed by atoms with Crippen LogP contribution in [-0.2, 0) is 22.4 Å². The number of aryl methyl sites for hydroxylation is 1. The van der Waals surface area contributed by atoms with E-state index in [9.17, 15) is 9.59 Å². The van der Waals surface area contributed by atoms with Crippen molar-refractivity contribution >= 4 is 12.3 Å². The molecule has 4 nitrogen and oxygen atoms in total. The second kappa shape index (κ2) is 6.55. The van der Waals surface area contributed by atoms with E-state index >= 15 is 0 Å². The molecule has 0 N–H and O–H groups in total. The van der Waals surface area contributed by atoms with Crippen LogP contribution in [0.2, 0.25) is 0 Å². The molecule has 18 heavy (non-hydrogen) atoms. The highest BCUT2D eigenvalue weighted by Gasteiger charge is 2.12. The van der Waals surface area contributed by atoms with Crippen molar-refractivity contribution < 1.29 is 14.3 Å². The van der Waals surface area contributed by atoms with E-state index in [2.05, 4.69) is 6.07 Å². The molecule has 4 heteroatoms. The highest BCUT2D eigenvalue weighted by molar-refractivity contribution is 5.82. The first kappa shape index (κ1) is 13.9. The number of carbonyl (C=O) groups is 2. The van der Waals surface area contributed by atoms with Crippen molar-refractivity contribution in [3.8, 4) is 6.07 Å². The third-order valence-corrected chi connectivity index (χ3v) is 2.63. The maximum atomic E-state index is 11.4. The fourth-order valence-electron chi connectivity index (χ4n) is 1.74. The second-order valence-electron chi connectivity index (χ2n) is 3.77. The molecule has 0 heterocycles. The van der Waals surface area contributed by atoms with E-state index in [0.717, 1.165) is 5.56 Å². The molecule has 0 aromatic heterocycles. The van der Waals surface area contributed by atoms with Gasteiger partial charge in [-0.3, -0.25) is 9.59 Å². The molecule has 0 saturated heterocycles.